The van der Waals surface area contributed by atoms with Crippen molar-refractivity contribution in [3.05, 3.63) is 52.7 Å². The van der Waals surface area contributed by atoms with Gasteiger partial charge in [-0.1, -0.05) is 11.8 Å². The van der Waals surface area contributed by atoms with Crippen molar-refractivity contribution >= 4 is 40.0 Å². The standard InChI is InChI=1S/C20H21N3O4S2/c1-12-13(2)29-18(17(12)19(25)27-4)22-16(24)11-28-20-21-9-10-23(20)14-5-7-15(26-3)8-6-14/h5-10H,11H2,1-4H3,(H,22,24). The smallest absolute Gasteiger partial charge is 0.341 e. The maximum absolute atomic E-state index is 12.5. The van der Waals surface area contributed by atoms with Crippen molar-refractivity contribution in [2.45, 2.75) is 19.0 Å². The van der Waals surface area contributed by atoms with Crippen LogP contribution in [0.15, 0.2) is 41.8 Å². The molecule has 1 amide bonds. The van der Waals surface area contributed by atoms with Gasteiger partial charge in [-0.3, -0.25) is 9.36 Å². The van der Waals surface area contributed by atoms with E-state index in [2.05, 4.69) is 10.3 Å². The van der Waals surface area contributed by atoms with Crippen LogP contribution < -0.4 is 10.1 Å². The Kier molecular flexibility index (Phi) is 6.60. The van der Waals surface area contributed by atoms with E-state index < -0.39 is 5.97 Å². The van der Waals surface area contributed by atoms with E-state index in [0.29, 0.717) is 15.7 Å². The number of amides is 1. The fraction of sp³-hybridized carbons (Fsp3) is 0.250. The number of hydrogen-bond acceptors (Lipinski definition) is 7. The molecular formula is C20H21N3O4S2. The molecule has 0 saturated carbocycles. The lowest BCUT2D eigenvalue weighted by Crippen LogP contribution is -2.16. The molecular weight excluding hydrogens is 410 g/mol. The van der Waals surface area contributed by atoms with Crippen LogP contribution in [0, 0.1) is 13.8 Å². The number of imidazole rings is 1. The van der Waals surface area contributed by atoms with Gasteiger partial charge in [-0.25, -0.2) is 9.78 Å². The van der Waals surface area contributed by atoms with Crippen molar-refractivity contribution in [3.8, 4) is 11.4 Å². The Morgan fingerprint density at radius 3 is 2.59 bits per heavy atom. The minimum absolute atomic E-state index is 0.157. The zero-order valence-corrected chi connectivity index (χ0v) is 18.1. The normalized spacial score (nSPS) is 10.6. The van der Waals surface area contributed by atoms with Gasteiger partial charge in [0.2, 0.25) is 5.91 Å². The monoisotopic (exact) mass is 431 g/mol. The van der Waals surface area contributed by atoms with Gasteiger partial charge >= 0.3 is 5.97 Å². The molecule has 0 fully saturated rings. The molecule has 0 saturated heterocycles. The fourth-order valence-electron chi connectivity index (χ4n) is 2.69. The highest BCUT2D eigenvalue weighted by molar-refractivity contribution is 7.99. The summed E-state index contributed by atoms with van der Waals surface area (Å²) in [6, 6.07) is 7.58. The molecule has 29 heavy (non-hydrogen) atoms. The molecule has 3 rings (SSSR count). The van der Waals surface area contributed by atoms with Gasteiger partial charge in [0.05, 0.1) is 25.5 Å². The number of carbonyl (C=O) groups excluding carboxylic acids is 2. The molecule has 1 N–H and O–H groups in total. The number of nitrogens with zero attached hydrogens (tertiary/aromatic N) is 2. The molecule has 9 heteroatoms. The first-order chi connectivity index (χ1) is 13.9. The largest absolute Gasteiger partial charge is 0.497 e. The minimum Gasteiger partial charge on any atom is -0.497 e. The van der Waals surface area contributed by atoms with E-state index in [4.69, 9.17) is 9.47 Å². The Morgan fingerprint density at radius 1 is 1.21 bits per heavy atom. The lowest BCUT2D eigenvalue weighted by Gasteiger charge is -2.09. The summed E-state index contributed by atoms with van der Waals surface area (Å²) >= 11 is 2.68. The van der Waals surface area contributed by atoms with Gasteiger partial charge in [-0.05, 0) is 43.7 Å². The van der Waals surface area contributed by atoms with Crippen molar-refractivity contribution in [1.82, 2.24) is 9.55 Å². The van der Waals surface area contributed by atoms with E-state index in [-0.39, 0.29) is 11.7 Å². The molecule has 0 aliphatic rings. The van der Waals surface area contributed by atoms with Crippen molar-refractivity contribution < 1.29 is 19.1 Å². The van der Waals surface area contributed by atoms with Crippen molar-refractivity contribution in [2.75, 3.05) is 25.3 Å². The number of methoxy groups -OCH3 is 2. The van der Waals surface area contributed by atoms with Crippen molar-refractivity contribution in [3.63, 3.8) is 0 Å². The van der Waals surface area contributed by atoms with Crippen LogP contribution in [0.4, 0.5) is 5.00 Å². The Morgan fingerprint density at radius 2 is 1.93 bits per heavy atom. The Hall–Kier alpha value is -2.78. The second kappa shape index (κ2) is 9.15. The molecule has 0 aliphatic heterocycles. The summed E-state index contributed by atoms with van der Waals surface area (Å²) in [7, 11) is 2.95. The van der Waals surface area contributed by atoms with Gasteiger partial charge in [0.25, 0.3) is 0 Å². The molecule has 0 unspecified atom stereocenters. The first kappa shape index (κ1) is 20.9. The number of esters is 1. The lowest BCUT2D eigenvalue weighted by molar-refractivity contribution is -0.113. The van der Waals surface area contributed by atoms with Gasteiger partial charge in [0, 0.05) is 23.0 Å². The second-order valence-electron chi connectivity index (χ2n) is 6.09. The highest BCUT2D eigenvalue weighted by atomic mass is 32.2. The quantitative estimate of drug-likeness (QED) is 0.448. The van der Waals surface area contributed by atoms with Crippen molar-refractivity contribution in [2.24, 2.45) is 0 Å². The maximum atomic E-state index is 12.5. The van der Waals surface area contributed by atoms with Crippen LogP contribution in [-0.2, 0) is 9.53 Å². The van der Waals surface area contributed by atoms with Crippen LogP contribution >= 0.6 is 23.1 Å². The predicted octanol–water partition coefficient (Wildman–Crippen LogP) is 4.08. The zero-order chi connectivity index (χ0) is 21.0. The number of aryl methyl sites for hydroxylation is 1. The number of hydrogen-bond donors (Lipinski definition) is 1. The van der Waals surface area contributed by atoms with Gasteiger partial charge in [-0.15, -0.1) is 11.3 Å². The number of nitrogens with one attached hydrogen (secondary N) is 1. The number of thioether (sulfide) groups is 1. The van der Waals surface area contributed by atoms with Gasteiger partial charge in [0.15, 0.2) is 5.16 Å². The average Bonchev–Trinajstić information content (AvgIpc) is 3.30. The maximum Gasteiger partial charge on any atom is 0.341 e. The molecule has 0 spiro atoms. The Labute approximate surface area is 177 Å². The minimum atomic E-state index is -0.454. The molecule has 152 valence electrons. The molecule has 0 atom stereocenters. The summed E-state index contributed by atoms with van der Waals surface area (Å²) in [5, 5.41) is 4.03. The number of benzene rings is 1. The number of ether oxygens (including phenoxy) is 2. The molecule has 0 aliphatic carbocycles. The van der Waals surface area contributed by atoms with E-state index in [1.165, 1.54) is 30.2 Å². The first-order valence-corrected chi connectivity index (χ1v) is 10.5. The first-order valence-electron chi connectivity index (χ1n) is 8.73. The number of aromatic nitrogens is 2. The second-order valence-corrected chi connectivity index (χ2v) is 8.26. The van der Waals surface area contributed by atoms with Crippen LogP contribution in [0.5, 0.6) is 5.75 Å². The molecule has 2 aromatic heterocycles. The summed E-state index contributed by atoms with van der Waals surface area (Å²) < 4.78 is 11.9. The number of carbonyl (C=O) groups is 2. The Bertz CT molecular complexity index is 1030. The van der Waals surface area contributed by atoms with Crippen LogP contribution in [-0.4, -0.2) is 41.4 Å². The highest BCUT2D eigenvalue weighted by Gasteiger charge is 2.21. The number of anilines is 1. The van der Waals surface area contributed by atoms with Gasteiger partial charge in [-0.2, -0.15) is 0 Å². The van der Waals surface area contributed by atoms with Crippen LogP contribution in [0.2, 0.25) is 0 Å². The van der Waals surface area contributed by atoms with E-state index in [1.54, 1.807) is 13.3 Å². The Balaban J connectivity index is 1.69. The summed E-state index contributed by atoms with van der Waals surface area (Å²) in [6.45, 7) is 3.75. The third-order valence-corrected chi connectivity index (χ3v) is 6.41. The van der Waals surface area contributed by atoms with Crippen LogP contribution in [0.3, 0.4) is 0 Å². The molecule has 7 nitrogen and oxygen atoms in total. The third kappa shape index (κ3) is 4.63. The summed E-state index contributed by atoms with van der Waals surface area (Å²) in [5.41, 5.74) is 2.15. The van der Waals surface area contributed by atoms with Gasteiger partial charge < -0.3 is 14.8 Å². The van der Waals surface area contributed by atoms with E-state index in [0.717, 1.165) is 21.9 Å². The average molecular weight is 432 g/mol. The topological polar surface area (TPSA) is 82.5 Å². The van der Waals surface area contributed by atoms with Gasteiger partial charge in [0.1, 0.15) is 10.8 Å². The predicted molar refractivity (Wildman–Crippen MR) is 115 cm³/mol. The zero-order valence-electron chi connectivity index (χ0n) is 16.5. The van der Waals surface area contributed by atoms with Crippen LogP contribution in [0.1, 0.15) is 20.8 Å². The number of thiophene rings is 1. The molecule has 3 aromatic rings. The number of rotatable bonds is 7. The third-order valence-electron chi connectivity index (χ3n) is 4.32. The summed E-state index contributed by atoms with van der Waals surface area (Å²) in [6.07, 6.45) is 3.52. The van der Waals surface area contributed by atoms with Crippen LogP contribution in [0.25, 0.3) is 5.69 Å². The molecule has 2 heterocycles. The van der Waals surface area contributed by atoms with E-state index >= 15 is 0 Å². The summed E-state index contributed by atoms with van der Waals surface area (Å²) in [4.78, 5) is 29.8. The SMILES string of the molecule is COC(=O)c1c(NC(=O)CSc2nccn2-c2ccc(OC)cc2)sc(C)c1C. The highest BCUT2D eigenvalue weighted by Crippen LogP contribution is 2.33. The fourth-order valence-corrected chi connectivity index (χ4v) is 4.53. The van der Waals surface area contributed by atoms with E-state index in [1.807, 2.05) is 48.9 Å². The molecule has 0 bridgehead atoms. The van der Waals surface area contributed by atoms with Crippen molar-refractivity contribution in [1.29, 1.82) is 0 Å². The summed E-state index contributed by atoms with van der Waals surface area (Å²) in [5.74, 6) is 0.255. The molecule has 0 radical (unpaired) electrons. The molecule has 1 aromatic carbocycles. The van der Waals surface area contributed by atoms with E-state index in [9.17, 15) is 9.59 Å². The lowest BCUT2D eigenvalue weighted by atomic mass is 10.1.